The van der Waals surface area contributed by atoms with Crippen LogP contribution in [0.5, 0.6) is 5.75 Å². The zero-order chi connectivity index (χ0) is 31.3. The maximum atomic E-state index is 14.3. The summed E-state index contributed by atoms with van der Waals surface area (Å²) in [5.74, 6) is -0.979. The minimum atomic E-state index is -4.33. The van der Waals surface area contributed by atoms with Crippen LogP contribution in [0.25, 0.3) is 5.52 Å². The molecule has 1 aliphatic rings. The minimum Gasteiger partial charge on any atom is -0.465 e. The van der Waals surface area contributed by atoms with Gasteiger partial charge >= 0.3 is 13.7 Å². The van der Waals surface area contributed by atoms with E-state index in [0.717, 1.165) is 5.56 Å². The first-order chi connectivity index (χ1) is 21.2. The molecule has 0 bridgehead atoms. The van der Waals surface area contributed by atoms with E-state index in [1.165, 1.54) is 10.8 Å². The number of carbonyl (C=O) groups is 1. The number of para-hydroxylation sites is 1. The number of rotatable bonds is 12. The number of aliphatic hydroxyl groups excluding tert-OH is 1. The van der Waals surface area contributed by atoms with Gasteiger partial charge in [0.05, 0.1) is 25.0 Å². The molecule has 4 aromatic rings. The molecule has 2 aromatic carbocycles. The van der Waals surface area contributed by atoms with E-state index < -0.39 is 50.1 Å². The summed E-state index contributed by atoms with van der Waals surface area (Å²) in [7, 11) is -4.33. The molecule has 0 spiro atoms. The predicted molar refractivity (Wildman–Crippen MR) is 159 cm³/mol. The van der Waals surface area contributed by atoms with Crippen molar-refractivity contribution in [3.05, 3.63) is 90.4 Å². The van der Waals surface area contributed by atoms with Gasteiger partial charge in [-0.2, -0.15) is 15.4 Å². The molecule has 2 aromatic heterocycles. The number of aromatic nitrogens is 3. The average molecular weight is 621 g/mol. The lowest BCUT2D eigenvalue weighted by molar-refractivity contribution is -0.145. The molecule has 0 amide bonds. The summed E-state index contributed by atoms with van der Waals surface area (Å²) in [5, 5.41) is 28.6. The van der Waals surface area contributed by atoms with Gasteiger partial charge in [-0.05, 0) is 43.2 Å². The van der Waals surface area contributed by atoms with Gasteiger partial charge in [0, 0.05) is 5.92 Å². The number of esters is 1. The molecule has 1 fully saturated rings. The van der Waals surface area contributed by atoms with Crippen molar-refractivity contribution in [2.24, 2.45) is 5.92 Å². The lowest BCUT2D eigenvalue weighted by Gasteiger charge is -2.26. The normalized spacial score (nSPS) is 23.5. The number of nitrogens with zero attached hydrogens (tertiary/aromatic N) is 4. The Morgan fingerprint density at radius 1 is 1.20 bits per heavy atom. The zero-order valence-corrected chi connectivity index (χ0v) is 25.0. The lowest BCUT2D eigenvalue weighted by atomic mass is 9.85. The quantitative estimate of drug-likeness (QED) is 0.155. The van der Waals surface area contributed by atoms with E-state index >= 15 is 0 Å². The number of nitriles is 1. The van der Waals surface area contributed by atoms with Crippen LogP contribution in [-0.2, 0) is 35.4 Å². The van der Waals surface area contributed by atoms with Crippen LogP contribution in [-0.4, -0.2) is 57.1 Å². The maximum Gasteiger partial charge on any atom is 0.459 e. The fraction of sp³-hybridized carbons (Fsp3) is 0.333. The van der Waals surface area contributed by atoms with Crippen molar-refractivity contribution < 1.29 is 33.0 Å². The van der Waals surface area contributed by atoms with Crippen LogP contribution in [0.15, 0.2) is 79.1 Å². The number of nitrogen functional groups attached to an aromatic ring is 1. The van der Waals surface area contributed by atoms with Crippen molar-refractivity contribution in [2.45, 2.75) is 44.1 Å². The van der Waals surface area contributed by atoms with Gasteiger partial charge in [-0.15, -0.1) is 0 Å². The number of hydrogen-bond donors (Lipinski definition) is 3. The second-order valence-corrected chi connectivity index (χ2v) is 12.0. The third-order valence-electron chi connectivity index (χ3n) is 7.45. The molecule has 2 unspecified atom stereocenters. The molecule has 44 heavy (non-hydrogen) atoms. The lowest BCUT2D eigenvalue weighted by Crippen LogP contribution is -2.40. The Labute approximate surface area is 254 Å². The van der Waals surface area contributed by atoms with Crippen LogP contribution in [0.1, 0.15) is 25.1 Å². The van der Waals surface area contributed by atoms with Crippen molar-refractivity contribution in [1.82, 2.24) is 19.7 Å². The van der Waals surface area contributed by atoms with Crippen molar-refractivity contribution in [3.63, 3.8) is 0 Å². The summed E-state index contributed by atoms with van der Waals surface area (Å²) in [6, 6.07) is 21.8. The number of carbonyl (C=O) groups excluding carboxylic acids is 1. The summed E-state index contributed by atoms with van der Waals surface area (Å²) in [6.45, 7) is 2.99. The standard InChI is InChI=1S/C30H33N6O7P/c1-3-40-29(38)23(16-21-10-6-4-7-11-21)35-44(39,43-22-12-8-5-9-13-22)41-17-25-27(37)20(2)30(18-31,42-25)26-15-14-24-28(32)33-19-34-36(24)26/h4-15,19-20,23,25,27,37H,3,16-17H2,1-2H3,(H,35,39)(H2,32,33,34)/t20?,23-,25+,27-,30+,44?/m0/s1. The summed E-state index contributed by atoms with van der Waals surface area (Å²) in [4.78, 5) is 17.0. The Hall–Kier alpha value is -4.31. The van der Waals surface area contributed by atoms with E-state index in [4.69, 9.17) is 24.3 Å². The zero-order valence-electron chi connectivity index (χ0n) is 24.1. The van der Waals surface area contributed by atoms with Gasteiger partial charge in [0.15, 0.2) is 5.82 Å². The molecule has 3 heterocycles. The molecule has 1 aliphatic heterocycles. The van der Waals surface area contributed by atoms with Crippen LogP contribution in [0.3, 0.4) is 0 Å². The molecule has 14 heteroatoms. The highest BCUT2D eigenvalue weighted by Gasteiger charge is 2.56. The van der Waals surface area contributed by atoms with Gasteiger partial charge in [-0.1, -0.05) is 55.5 Å². The topological polar surface area (TPSA) is 183 Å². The maximum absolute atomic E-state index is 14.3. The second kappa shape index (κ2) is 13.1. The molecule has 6 atom stereocenters. The first-order valence-corrected chi connectivity index (χ1v) is 15.6. The summed E-state index contributed by atoms with van der Waals surface area (Å²) < 4.78 is 38.9. The second-order valence-electron chi connectivity index (χ2n) is 10.3. The highest BCUT2D eigenvalue weighted by molar-refractivity contribution is 7.52. The molecule has 0 aliphatic carbocycles. The Morgan fingerprint density at radius 3 is 2.59 bits per heavy atom. The van der Waals surface area contributed by atoms with Gasteiger partial charge in [-0.3, -0.25) is 9.32 Å². The molecule has 4 N–H and O–H groups in total. The van der Waals surface area contributed by atoms with Gasteiger partial charge in [0.25, 0.3) is 0 Å². The molecule has 0 radical (unpaired) electrons. The van der Waals surface area contributed by atoms with Crippen molar-refractivity contribution in [2.75, 3.05) is 18.9 Å². The largest absolute Gasteiger partial charge is 0.465 e. The molecular weight excluding hydrogens is 587 g/mol. The number of hydrogen-bond acceptors (Lipinski definition) is 11. The van der Waals surface area contributed by atoms with Crippen molar-refractivity contribution >= 4 is 25.1 Å². The highest BCUT2D eigenvalue weighted by Crippen LogP contribution is 2.49. The minimum absolute atomic E-state index is 0.109. The Bertz CT molecular complexity index is 1680. The smallest absolute Gasteiger partial charge is 0.459 e. The van der Waals surface area contributed by atoms with Gasteiger partial charge in [0.1, 0.15) is 35.8 Å². The molecule has 5 rings (SSSR count). The van der Waals surface area contributed by atoms with Crippen LogP contribution < -0.4 is 15.3 Å². The molecule has 13 nitrogen and oxygen atoms in total. The SMILES string of the molecule is CCOC(=O)[C@H](Cc1ccccc1)NP(=O)(OC[C@H]1O[C@@](C#N)(c2ccc3c(N)ncnn23)C(C)[C@@H]1O)Oc1ccccc1. The van der Waals surface area contributed by atoms with E-state index in [0.29, 0.717) is 11.2 Å². The van der Waals surface area contributed by atoms with Crippen molar-refractivity contribution in [1.29, 1.82) is 5.26 Å². The summed E-state index contributed by atoms with van der Waals surface area (Å²) in [6.07, 6.45) is -0.936. The van der Waals surface area contributed by atoms with Crippen LogP contribution in [0.4, 0.5) is 5.82 Å². The highest BCUT2D eigenvalue weighted by atomic mass is 31.2. The molecule has 1 saturated heterocycles. The van der Waals surface area contributed by atoms with Crippen LogP contribution in [0.2, 0.25) is 0 Å². The third-order valence-corrected chi connectivity index (χ3v) is 9.01. The number of nitrogens with one attached hydrogen (secondary N) is 1. The first kappa shape index (κ1) is 31.1. The summed E-state index contributed by atoms with van der Waals surface area (Å²) >= 11 is 0. The first-order valence-electron chi connectivity index (χ1n) is 14.0. The summed E-state index contributed by atoms with van der Waals surface area (Å²) in [5.41, 5.74) is 5.92. The van der Waals surface area contributed by atoms with E-state index in [1.54, 1.807) is 56.3 Å². The van der Waals surface area contributed by atoms with Gasteiger partial charge in [0.2, 0.25) is 5.60 Å². The van der Waals surface area contributed by atoms with Crippen LogP contribution >= 0.6 is 7.75 Å². The number of aliphatic hydroxyl groups is 1. The number of benzene rings is 2. The molecular formula is C30H33N6O7P. The van der Waals surface area contributed by atoms with Crippen molar-refractivity contribution in [3.8, 4) is 11.8 Å². The fourth-order valence-electron chi connectivity index (χ4n) is 5.17. The van der Waals surface area contributed by atoms with Gasteiger partial charge < -0.3 is 24.8 Å². The van der Waals surface area contributed by atoms with E-state index in [1.807, 2.05) is 30.3 Å². The Kier molecular flexibility index (Phi) is 9.29. The molecule has 0 saturated carbocycles. The number of ether oxygens (including phenoxy) is 2. The average Bonchev–Trinajstić information content (AvgIpc) is 3.57. The van der Waals surface area contributed by atoms with Crippen LogP contribution in [0, 0.1) is 17.2 Å². The van der Waals surface area contributed by atoms with E-state index in [9.17, 15) is 19.7 Å². The fourth-order valence-corrected chi connectivity index (χ4v) is 6.67. The number of anilines is 1. The number of fused-ring (bicyclic) bond motifs is 1. The Morgan fingerprint density at radius 2 is 1.91 bits per heavy atom. The predicted octanol–water partition coefficient (Wildman–Crippen LogP) is 3.39. The number of nitrogens with two attached hydrogens (primary N) is 1. The van der Waals surface area contributed by atoms with E-state index in [-0.39, 0.29) is 24.6 Å². The molecule has 230 valence electrons. The third kappa shape index (κ3) is 6.31. The van der Waals surface area contributed by atoms with Gasteiger partial charge in [-0.25, -0.2) is 14.1 Å². The monoisotopic (exact) mass is 620 g/mol. The Balaban J connectivity index is 1.42. The van der Waals surface area contributed by atoms with E-state index in [2.05, 4.69) is 21.2 Å².